The lowest BCUT2D eigenvalue weighted by molar-refractivity contribution is -0.131. The van der Waals surface area contributed by atoms with Crippen molar-refractivity contribution in [2.24, 2.45) is 0 Å². The van der Waals surface area contributed by atoms with E-state index in [1.807, 2.05) is 23.1 Å². The number of likely N-dealkylation sites (N-methyl/N-ethyl adjacent to an activating group) is 1. The molecular weight excluding hydrogens is 262 g/mol. The molecule has 1 amide bonds. The molecule has 116 valence electrons. The van der Waals surface area contributed by atoms with Crippen LogP contribution in [0, 0.1) is 0 Å². The number of benzene rings is 1. The quantitative estimate of drug-likeness (QED) is 0.903. The molecule has 0 radical (unpaired) electrons. The van der Waals surface area contributed by atoms with Crippen LogP contribution in [0.4, 0.5) is 0 Å². The zero-order chi connectivity index (χ0) is 15.6. The van der Waals surface area contributed by atoms with E-state index in [0.717, 1.165) is 12.0 Å². The topological polar surface area (TPSA) is 35.6 Å². The third kappa shape index (κ3) is 3.27. The van der Waals surface area contributed by atoms with Crippen molar-refractivity contribution >= 4 is 5.91 Å². The third-order valence-electron chi connectivity index (χ3n) is 4.54. The smallest absolute Gasteiger partial charge is 0.241 e. The molecule has 2 rings (SSSR count). The zero-order valence-electron chi connectivity index (χ0n) is 13.8. The maximum Gasteiger partial charge on any atom is 0.241 e. The Morgan fingerprint density at radius 3 is 2.38 bits per heavy atom. The maximum absolute atomic E-state index is 12.7. The van der Waals surface area contributed by atoms with Gasteiger partial charge >= 0.3 is 0 Å². The van der Waals surface area contributed by atoms with Gasteiger partial charge in [-0.15, -0.1) is 0 Å². The SMILES string of the molecule is CCC1NC(c2ccccc2)N(CC(C)(C)N(C)C)C1=O. The summed E-state index contributed by atoms with van der Waals surface area (Å²) in [6.07, 6.45) is 0.795. The number of amides is 1. The molecule has 0 aromatic heterocycles. The number of nitrogens with zero attached hydrogens (tertiary/aromatic N) is 2. The van der Waals surface area contributed by atoms with Crippen LogP contribution < -0.4 is 5.32 Å². The Hall–Kier alpha value is -1.39. The molecule has 1 N–H and O–H groups in total. The number of hydrogen-bond donors (Lipinski definition) is 1. The zero-order valence-corrected chi connectivity index (χ0v) is 13.8. The molecule has 21 heavy (non-hydrogen) atoms. The first-order chi connectivity index (χ1) is 9.86. The molecule has 4 nitrogen and oxygen atoms in total. The van der Waals surface area contributed by atoms with Gasteiger partial charge in [-0.2, -0.15) is 0 Å². The largest absolute Gasteiger partial charge is 0.320 e. The lowest BCUT2D eigenvalue weighted by atomic mass is 10.0. The molecule has 1 aliphatic rings. The van der Waals surface area contributed by atoms with Gasteiger partial charge in [0.25, 0.3) is 0 Å². The summed E-state index contributed by atoms with van der Waals surface area (Å²) in [5.41, 5.74) is 1.09. The molecule has 4 heteroatoms. The van der Waals surface area contributed by atoms with E-state index in [0.29, 0.717) is 6.54 Å². The molecule has 1 aromatic rings. The van der Waals surface area contributed by atoms with E-state index < -0.39 is 0 Å². The van der Waals surface area contributed by atoms with Crippen LogP contribution >= 0.6 is 0 Å². The highest BCUT2D eigenvalue weighted by molar-refractivity contribution is 5.84. The van der Waals surface area contributed by atoms with E-state index in [-0.39, 0.29) is 23.7 Å². The molecule has 1 heterocycles. The maximum atomic E-state index is 12.7. The van der Waals surface area contributed by atoms with Crippen LogP contribution in [0.1, 0.15) is 38.9 Å². The highest BCUT2D eigenvalue weighted by Gasteiger charge is 2.41. The van der Waals surface area contributed by atoms with Gasteiger partial charge in [0, 0.05) is 12.1 Å². The fourth-order valence-corrected chi connectivity index (χ4v) is 2.61. The molecule has 0 spiro atoms. The number of hydrogen-bond acceptors (Lipinski definition) is 3. The van der Waals surface area contributed by atoms with Crippen molar-refractivity contribution < 1.29 is 4.79 Å². The van der Waals surface area contributed by atoms with Gasteiger partial charge in [-0.3, -0.25) is 10.1 Å². The van der Waals surface area contributed by atoms with Crippen molar-refractivity contribution in [2.75, 3.05) is 20.6 Å². The number of nitrogens with one attached hydrogen (secondary N) is 1. The van der Waals surface area contributed by atoms with E-state index in [9.17, 15) is 4.79 Å². The molecule has 2 unspecified atom stereocenters. The number of carbonyl (C=O) groups is 1. The lowest BCUT2D eigenvalue weighted by Crippen LogP contribution is -2.50. The molecule has 2 atom stereocenters. The van der Waals surface area contributed by atoms with Crippen LogP contribution in [-0.4, -0.2) is 47.9 Å². The highest BCUT2D eigenvalue weighted by atomic mass is 16.2. The van der Waals surface area contributed by atoms with Gasteiger partial charge in [-0.05, 0) is 39.9 Å². The summed E-state index contributed by atoms with van der Waals surface area (Å²) < 4.78 is 0. The van der Waals surface area contributed by atoms with Gasteiger partial charge in [0.15, 0.2) is 0 Å². The first-order valence-corrected chi connectivity index (χ1v) is 7.65. The highest BCUT2D eigenvalue weighted by Crippen LogP contribution is 2.29. The Morgan fingerprint density at radius 1 is 1.24 bits per heavy atom. The van der Waals surface area contributed by atoms with Gasteiger partial charge < -0.3 is 9.80 Å². The minimum Gasteiger partial charge on any atom is -0.320 e. The average molecular weight is 289 g/mol. The van der Waals surface area contributed by atoms with Crippen molar-refractivity contribution in [1.29, 1.82) is 0 Å². The van der Waals surface area contributed by atoms with Crippen molar-refractivity contribution in [3.05, 3.63) is 35.9 Å². The monoisotopic (exact) mass is 289 g/mol. The fraction of sp³-hybridized carbons (Fsp3) is 0.588. The molecular formula is C17H27N3O. The van der Waals surface area contributed by atoms with E-state index in [4.69, 9.17) is 0 Å². The molecule has 0 bridgehead atoms. The number of rotatable bonds is 5. The Labute approximate surface area is 128 Å². The Kier molecular flexibility index (Phi) is 4.69. The van der Waals surface area contributed by atoms with E-state index in [1.54, 1.807) is 0 Å². The van der Waals surface area contributed by atoms with Gasteiger partial charge in [-0.1, -0.05) is 37.3 Å². The fourth-order valence-electron chi connectivity index (χ4n) is 2.61. The summed E-state index contributed by atoms with van der Waals surface area (Å²) in [4.78, 5) is 16.8. The van der Waals surface area contributed by atoms with Crippen LogP contribution in [0.5, 0.6) is 0 Å². The molecule has 1 fully saturated rings. The van der Waals surface area contributed by atoms with Crippen molar-refractivity contribution in [3.63, 3.8) is 0 Å². The summed E-state index contributed by atoms with van der Waals surface area (Å²) in [5.74, 6) is 0.210. The first-order valence-electron chi connectivity index (χ1n) is 7.65. The van der Waals surface area contributed by atoms with Gasteiger partial charge in [-0.25, -0.2) is 0 Å². The van der Waals surface area contributed by atoms with Crippen LogP contribution in [0.3, 0.4) is 0 Å². The predicted octanol–water partition coefficient (Wildman–Crippen LogP) is 2.24. The lowest BCUT2D eigenvalue weighted by Gasteiger charge is -2.38. The predicted molar refractivity (Wildman–Crippen MR) is 85.9 cm³/mol. The normalized spacial score (nSPS) is 23.1. The van der Waals surface area contributed by atoms with E-state index in [1.165, 1.54) is 0 Å². The molecule has 1 aliphatic heterocycles. The molecule has 1 saturated heterocycles. The minimum atomic E-state index is -0.0758. The van der Waals surface area contributed by atoms with Gasteiger partial charge in [0.2, 0.25) is 5.91 Å². The molecule has 1 aromatic carbocycles. The van der Waals surface area contributed by atoms with Crippen molar-refractivity contribution in [3.8, 4) is 0 Å². The summed E-state index contributed by atoms with van der Waals surface area (Å²) >= 11 is 0. The number of carbonyl (C=O) groups excluding carboxylic acids is 1. The van der Waals surface area contributed by atoms with Gasteiger partial charge in [0.05, 0.1) is 6.04 Å². The van der Waals surface area contributed by atoms with E-state index >= 15 is 0 Å². The molecule has 0 aliphatic carbocycles. The minimum absolute atomic E-state index is 0.0251. The molecule has 0 saturated carbocycles. The Morgan fingerprint density at radius 2 is 1.86 bits per heavy atom. The summed E-state index contributed by atoms with van der Waals surface area (Å²) in [6, 6.07) is 10.1. The summed E-state index contributed by atoms with van der Waals surface area (Å²) in [5, 5.41) is 3.48. The summed E-state index contributed by atoms with van der Waals surface area (Å²) in [6.45, 7) is 7.10. The Bertz CT molecular complexity index is 484. The second-order valence-electron chi connectivity index (χ2n) is 6.61. The van der Waals surface area contributed by atoms with Crippen molar-refractivity contribution in [1.82, 2.24) is 15.1 Å². The van der Waals surface area contributed by atoms with Crippen LogP contribution in [0.2, 0.25) is 0 Å². The third-order valence-corrected chi connectivity index (χ3v) is 4.54. The first kappa shape index (κ1) is 16.0. The second-order valence-corrected chi connectivity index (χ2v) is 6.61. The van der Waals surface area contributed by atoms with Crippen LogP contribution in [-0.2, 0) is 4.79 Å². The van der Waals surface area contributed by atoms with Crippen molar-refractivity contribution in [2.45, 2.75) is 44.9 Å². The van der Waals surface area contributed by atoms with Crippen LogP contribution in [0.25, 0.3) is 0 Å². The Balaban J connectivity index is 2.28. The second kappa shape index (κ2) is 6.16. The van der Waals surface area contributed by atoms with E-state index in [2.05, 4.69) is 57.2 Å². The average Bonchev–Trinajstić information content (AvgIpc) is 2.76. The standard InChI is InChI=1S/C17H27N3O/c1-6-14-16(21)20(12-17(2,3)19(4)5)15(18-14)13-10-8-7-9-11-13/h7-11,14-15,18H,6,12H2,1-5H3. The summed E-state index contributed by atoms with van der Waals surface area (Å²) in [7, 11) is 4.12. The van der Waals surface area contributed by atoms with Gasteiger partial charge in [0.1, 0.15) is 6.17 Å². The van der Waals surface area contributed by atoms with Crippen LogP contribution in [0.15, 0.2) is 30.3 Å².